The smallest absolute Gasteiger partial charge is 0.167 e. The van der Waals surface area contributed by atoms with E-state index in [0.29, 0.717) is 13.1 Å². The molecule has 0 radical (unpaired) electrons. The molecule has 0 spiro atoms. The van der Waals surface area contributed by atoms with Crippen molar-refractivity contribution in [1.82, 2.24) is 29.3 Å². The van der Waals surface area contributed by atoms with Crippen molar-refractivity contribution >= 4 is 28.3 Å². The van der Waals surface area contributed by atoms with Crippen LogP contribution in [0.5, 0.6) is 0 Å². The van der Waals surface area contributed by atoms with E-state index in [1.54, 1.807) is 24.0 Å². The Morgan fingerprint density at radius 3 is 2.80 bits per heavy atom. The lowest BCUT2D eigenvalue weighted by Gasteiger charge is -2.37. The van der Waals surface area contributed by atoms with Gasteiger partial charge in [0.25, 0.3) is 0 Å². The first-order chi connectivity index (χ1) is 14.7. The van der Waals surface area contributed by atoms with Crippen molar-refractivity contribution in [2.75, 3.05) is 57.8 Å². The number of piperazine rings is 1. The van der Waals surface area contributed by atoms with Gasteiger partial charge in [-0.1, -0.05) is 6.07 Å². The van der Waals surface area contributed by atoms with Crippen molar-refractivity contribution in [2.24, 2.45) is 0 Å². The summed E-state index contributed by atoms with van der Waals surface area (Å²) in [5.41, 5.74) is 1.58. The molecule has 2 aliphatic heterocycles. The minimum atomic E-state index is -0.254. The Bertz CT molecular complexity index is 971. The second-order valence-corrected chi connectivity index (χ2v) is 9.01. The molecule has 1 N–H and O–H groups in total. The maximum Gasteiger partial charge on any atom is 0.167 e. The van der Waals surface area contributed by atoms with Crippen molar-refractivity contribution in [3.63, 3.8) is 0 Å². The first-order valence-corrected chi connectivity index (χ1v) is 11.2. The summed E-state index contributed by atoms with van der Waals surface area (Å²) in [6, 6.07) is 4.22. The van der Waals surface area contributed by atoms with Gasteiger partial charge in [-0.3, -0.25) is 9.47 Å². The van der Waals surface area contributed by atoms with E-state index < -0.39 is 0 Å². The summed E-state index contributed by atoms with van der Waals surface area (Å²) in [5.74, 6) is 0.886. The summed E-state index contributed by atoms with van der Waals surface area (Å²) in [6.07, 6.45) is 2.92. The van der Waals surface area contributed by atoms with E-state index in [0.717, 1.165) is 49.7 Å². The summed E-state index contributed by atoms with van der Waals surface area (Å²) in [4.78, 5) is 22.0. The predicted molar refractivity (Wildman–Crippen MR) is 116 cm³/mol. The third kappa shape index (κ3) is 3.93. The van der Waals surface area contributed by atoms with Crippen LogP contribution in [-0.4, -0.2) is 93.5 Å². The van der Waals surface area contributed by atoms with Crippen molar-refractivity contribution in [2.45, 2.75) is 18.9 Å². The fourth-order valence-electron chi connectivity index (χ4n) is 4.20. The zero-order valence-corrected chi connectivity index (χ0v) is 17.9. The molecule has 5 heterocycles. The number of aliphatic hydroxyl groups excluding tert-OH is 1. The van der Waals surface area contributed by atoms with Gasteiger partial charge < -0.3 is 19.6 Å². The Kier molecular flexibility index (Phi) is 5.66. The van der Waals surface area contributed by atoms with E-state index >= 15 is 0 Å². The maximum absolute atomic E-state index is 9.79. The van der Waals surface area contributed by atoms with E-state index in [9.17, 15) is 5.11 Å². The molecule has 5 rings (SSSR count). The highest BCUT2D eigenvalue weighted by Gasteiger charge is 2.30. The third-order valence-electron chi connectivity index (χ3n) is 5.84. The lowest BCUT2D eigenvalue weighted by atomic mass is 10.2. The van der Waals surface area contributed by atoms with Gasteiger partial charge in [0.1, 0.15) is 12.6 Å². The van der Waals surface area contributed by atoms with E-state index in [1.165, 1.54) is 4.88 Å². The van der Waals surface area contributed by atoms with Gasteiger partial charge in [-0.15, -0.1) is 11.3 Å². The molecule has 30 heavy (non-hydrogen) atoms. The molecule has 3 aromatic heterocycles. The first-order valence-electron chi connectivity index (χ1n) is 10.3. The number of thiophene rings is 1. The number of aliphatic hydroxyl groups is 1. The van der Waals surface area contributed by atoms with Gasteiger partial charge in [-0.2, -0.15) is 0 Å². The molecule has 2 aliphatic rings. The van der Waals surface area contributed by atoms with Crippen LogP contribution in [0, 0.1) is 0 Å². The van der Waals surface area contributed by atoms with E-state index in [2.05, 4.69) is 54.2 Å². The van der Waals surface area contributed by atoms with Gasteiger partial charge >= 0.3 is 0 Å². The van der Waals surface area contributed by atoms with Crippen LogP contribution in [0.4, 0.5) is 5.82 Å². The number of anilines is 1. The summed E-state index contributed by atoms with van der Waals surface area (Å²) >= 11 is 1.75. The summed E-state index contributed by atoms with van der Waals surface area (Å²) < 4.78 is 8.18. The fourth-order valence-corrected chi connectivity index (χ4v) is 4.94. The van der Waals surface area contributed by atoms with Gasteiger partial charge in [-0.05, 0) is 18.5 Å². The second-order valence-electron chi connectivity index (χ2n) is 7.98. The van der Waals surface area contributed by atoms with Crippen LogP contribution in [0.3, 0.4) is 0 Å². The number of fused-ring (bicyclic) bond motifs is 1. The van der Waals surface area contributed by atoms with E-state index in [-0.39, 0.29) is 18.9 Å². The summed E-state index contributed by atoms with van der Waals surface area (Å²) in [6.45, 7) is 6.13. The molecule has 3 aromatic rings. The highest BCUT2D eigenvalue weighted by atomic mass is 32.1. The lowest BCUT2D eigenvalue weighted by Crippen LogP contribution is -2.46. The molecular weight excluding hydrogens is 402 g/mol. The average molecular weight is 430 g/mol. The SMILES string of the molecule is CN1CCN(c2ncnc3c2ncn3[C@H]2CN(Cc3cccs3)C[C@@H](CO)O2)CC1. The van der Waals surface area contributed by atoms with Gasteiger partial charge in [0, 0.05) is 50.7 Å². The normalized spacial score (nSPS) is 24.0. The highest BCUT2D eigenvalue weighted by Crippen LogP contribution is 2.28. The van der Waals surface area contributed by atoms with Crippen molar-refractivity contribution in [3.05, 3.63) is 35.0 Å². The monoisotopic (exact) mass is 429 g/mol. The number of likely N-dealkylation sites (N-methyl/N-ethyl adjacent to an activating group) is 1. The number of morpholine rings is 1. The molecule has 160 valence electrons. The van der Waals surface area contributed by atoms with Crippen molar-refractivity contribution in [1.29, 1.82) is 0 Å². The number of imidazole rings is 1. The number of ether oxygens (including phenoxy) is 1. The quantitative estimate of drug-likeness (QED) is 0.644. The molecule has 0 amide bonds. The number of rotatable bonds is 5. The summed E-state index contributed by atoms with van der Waals surface area (Å²) in [5, 5.41) is 11.9. The largest absolute Gasteiger partial charge is 0.394 e. The predicted octanol–water partition coefficient (Wildman–Crippen LogP) is 1.03. The van der Waals surface area contributed by atoms with Crippen LogP contribution in [0.2, 0.25) is 0 Å². The second kappa shape index (κ2) is 8.56. The van der Waals surface area contributed by atoms with E-state index in [1.807, 2.05) is 4.57 Å². The molecule has 2 saturated heterocycles. The highest BCUT2D eigenvalue weighted by molar-refractivity contribution is 7.09. The van der Waals surface area contributed by atoms with Crippen LogP contribution < -0.4 is 4.90 Å². The molecule has 0 bridgehead atoms. The third-order valence-corrected chi connectivity index (χ3v) is 6.70. The Balaban J connectivity index is 1.41. The maximum atomic E-state index is 9.79. The van der Waals surface area contributed by atoms with Gasteiger partial charge in [0.05, 0.1) is 19.0 Å². The topological polar surface area (TPSA) is 82.8 Å². The molecule has 0 saturated carbocycles. The zero-order valence-electron chi connectivity index (χ0n) is 17.1. The van der Waals surface area contributed by atoms with Crippen LogP contribution in [0.1, 0.15) is 11.1 Å². The first kappa shape index (κ1) is 19.8. The number of nitrogens with zero attached hydrogens (tertiary/aromatic N) is 7. The molecular formula is C20H27N7O2S. The Labute approximate surface area is 179 Å². The lowest BCUT2D eigenvalue weighted by molar-refractivity contribution is -0.135. The number of hydrogen-bond acceptors (Lipinski definition) is 9. The van der Waals surface area contributed by atoms with Crippen LogP contribution in [0.25, 0.3) is 11.2 Å². The standard InChI is InChI=1S/C20H27N7O2S/c1-24-4-6-26(7-5-24)19-18-20(22-13-21-19)27(14-23-18)17-11-25(9-15(12-28)29-17)10-16-3-2-8-30-16/h2-3,8,13-15,17,28H,4-7,9-12H2,1H3/t15-,17+/m0/s1. The molecule has 2 atom stereocenters. The molecule has 0 unspecified atom stereocenters. The molecule has 0 aliphatic carbocycles. The average Bonchev–Trinajstić information content (AvgIpc) is 3.43. The Hall–Kier alpha value is -2.11. The fraction of sp³-hybridized carbons (Fsp3) is 0.550. The molecule has 0 aromatic carbocycles. The Morgan fingerprint density at radius 1 is 1.17 bits per heavy atom. The van der Waals surface area contributed by atoms with Crippen LogP contribution in [0.15, 0.2) is 30.2 Å². The molecule has 9 nitrogen and oxygen atoms in total. The molecule has 2 fully saturated rings. The van der Waals surface area contributed by atoms with Gasteiger partial charge in [0.15, 0.2) is 17.0 Å². The number of aromatic nitrogens is 4. The van der Waals surface area contributed by atoms with Crippen molar-refractivity contribution < 1.29 is 9.84 Å². The minimum absolute atomic E-state index is 0.00833. The van der Waals surface area contributed by atoms with Crippen LogP contribution >= 0.6 is 11.3 Å². The van der Waals surface area contributed by atoms with E-state index in [4.69, 9.17) is 4.74 Å². The zero-order chi connectivity index (χ0) is 20.5. The summed E-state index contributed by atoms with van der Waals surface area (Å²) in [7, 11) is 2.14. The van der Waals surface area contributed by atoms with Gasteiger partial charge in [0.2, 0.25) is 0 Å². The van der Waals surface area contributed by atoms with Crippen LogP contribution in [-0.2, 0) is 11.3 Å². The number of hydrogen-bond donors (Lipinski definition) is 1. The van der Waals surface area contributed by atoms with Crippen molar-refractivity contribution in [3.8, 4) is 0 Å². The Morgan fingerprint density at radius 2 is 2.03 bits per heavy atom. The molecule has 10 heteroatoms. The van der Waals surface area contributed by atoms with Gasteiger partial charge in [-0.25, -0.2) is 15.0 Å². The minimum Gasteiger partial charge on any atom is -0.394 e.